The number of amides is 2. The maximum atomic E-state index is 12.2. The van der Waals surface area contributed by atoms with Gasteiger partial charge in [0.1, 0.15) is 6.61 Å². The highest BCUT2D eigenvalue weighted by molar-refractivity contribution is 5.71. The van der Waals surface area contributed by atoms with Gasteiger partial charge in [-0.25, -0.2) is 9.59 Å². The Bertz CT molecular complexity index is 590. The van der Waals surface area contributed by atoms with Crippen LogP contribution in [0.5, 0.6) is 0 Å². The first-order valence-corrected chi connectivity index (χ1v) is 7.71. The fraction of sp³-hybridized carbons (Fsp3) is 0.412. The van der Waals surface area contributed by atoms with Crippen LogP contribution in [-0.2, 0) is 16.1 Å². The summed E-state index contributed by atoms with van der Waals surface area (Å²) in [6.07, 6.45) is -1.04. The van der Waals surface area contributed by atoms with Crippen molar-refractivity contribution in [3.63, 3.8) is 0 Å². The molecular weight excluding hydrogens is 312 g/mol. The normalized spacial score (nSPS) is 17.3. The third kappa shape index (κ3) is 4.73. The van der Waals surface area contributed by atoms with Crippen LogP contribution in [-0.4, -0.2) is 59.4 Å². The van der Waals surface area contributed by atoms with E-state index >= 15 is 0 Å². The van der Waals surface area contributed by atoms with Gasteiger partial charge in [0.2, 0.25) is 0 Å². The highest BCUT2D eigenvalue weighted by Crippen LogP contribution is 2.14. The number of rotatable bonds is 4. The van der Waals surface area contributed by atoms with E-state index in [1.54, 1.807) is 6.92 Å². The Morgan fingerprint density at radius 3 is 2.58 bits per heavy atom. The fourth-order valence-corrected chi connectivity index (χ4v) is 2.43. The maximum absolute atomic E-state index is 12.2. The van der Waals surface area contributed by atoms with Crippen LogP contribution in [0.4, 0.5) is 9.59 Å². The van der Waals surface area contributed by atoms with Gasteiger partial charge in [-0.15, -0.1) is 0 Å². The molecule has 1 heterocycles. The quantitative estimate of drug-likeness (QED) is 0.852. The second-order valence-electron chi connectivity index (χ2n) is 5.59. The number of hydrogen-bond donors (Lipinski definition) is 1. The van der Waals surface area contributed by atoms with Crippen LogP contribution in [0.2, 0.25) is 0 Å². The minimum Gasteiger partial charge on any atom is -0.445 e. The minimum atomic E-state index is -0.529. The van der Waals surface area contributed by atoms with Crippen molar-refractivity contribution < 1.29 is 24.2 Å². The Morgan fingerprint density at radius 2 is 1.96 bits per heavy atom. The van der Waals surface area contributed by atoms with Crippen LogP contribution < -0.4 is 0 Å². The SMILES string of the molecule is C=C(C)OC(=O)N1CCN(C(=O)OCc2ccccc2)C(CO)C1. The molecule has 1 fully saturated rings. The van der Waals surface area contributed by atoms with E-state index in [9.17, 15) is 14.7 Å². The molecule has 0 aromatic heterocycles. The second kappa shape index (κ2) is 8.35. The van der Waals surface area contributed by atoms with Crippen molar-refractivity contribution in [2.45, 2.75) is 19.6 Å². The molecule has 1 saturated heterocycles. The molecule has 1 N–H and O–H groups in total. The zero-order chi connectivity index (χ0) is 17.5. The Balaban J connectivity index is 1.90. The number of hydrogen-bond acceptors (Lipinski definition) is 5. The van der Waals surface area contributed by atoms with Gasteiger partial charge < -0.3 is 19.5 Å². The first-order valence-electron chi connectivity index (χ1n) is 7.71. The molecule has 7 nitrogen and oxygen atoms in total. The molecule has 1 aliphatic heterocycles. The zero-order valence-electron chi connectivity index (χ0n) is 13.7. The lowest BCUT2D eigenvalue weighted by atomic mass is 10.2. The molecule has 130 valence electrons. The largest absolute Gasteiger partial charge is 0.445 e. The number of nitrogens with zero attached hydrogens (tertiary/aromatic N) is 2. The van der Waals surface area contributed by atoms with E-state index in [0.29, 0.717) is 12.3 Å². The predicted octanol–water partition coefficient (Wildman–Crippen LogP) is 1.97. The van der Waals surface area contributed by atoms with E-state index in [2.05, 4.69) is 6.58 Å². The van der Waals surface area contributed by atoms with Crippen molar-refractivity contribution in [1.29, 1.82) is 0 Å². The van der Waals surface area contributed by atoms with E-state index < -0.39 is 18.2 Å². The Hall–Kier alpha value is -2.54. The van der Waals surface area contributed by atoms with Crippen molar-refractivity contribution in [3.8, 4) is 0 Å². The van der Waals surface area contributed by atoms with Gasteiger partial charge in [-0.3, -0.25) is 4.90 Å². The summed E-state index contributed by atoms with van der Waals surface area (Å²) in [6.45, 7) is 5.76. The molecule has 0 bridgehead atoms. The summed E-state index contributed by atoms with van der Waals surface area (Å²) in [7, 11) is 0. The number of carbonyl (C=O) groups is 2. The van der Waals surface area contributed by atoms with Gasteiger partial charge in [0.25, 0.3) is 0 Å². The van der Waals surface area contributed by atoms with Crippen molar-refractivity contribution in [3.05, 3.63) is 48.2 Å². The van der Waals surface area contributed by atoms with E-state index in [1.165, 1.54) is 9.80 Å². The van der Waals surface area contributed by atoms with Crippen molar-refractivity contribution in [1.82, 2.24) is 9.80 Å². The van der Waals surface area contributed by atoms with Crippen molar-refractivity contribution in [2.24, 2.45) is 0 Å². The third-order valence-corrected chi connectivity index (χ3v) is 3.65. The first kappa shape index (κ1) is 17.8. The number of aliphatic hydroxyl groups excluding tert-OH is 1. The zero-order valence-corrected chi connectivity index (χ0v) is 13.7. The molecule has 2 rings (SSSR count). The van der Waals surface area contributed by atoms with Crippen molar-refractivity contribution in [2.75, 3.05) is 26.2 Å². The average molecular weight is 334 g/mol. The van der Waals surface area contributed by atoms with Gasteiger partial charge >= 0.3 is 12.2 Å². The van der Waals surface area contributed by atoms with Gasteiger partial charge in [0.15, 0.2) is 0 Å². The highest BCUT2D eigenvalue weighted by atomic mass is 16.6. The molecule has 1 aromatic carbocycles. The Kier molecular flexibility index (Phi) is 6.20. The number of carbonyl (C=O) groups excluding carboxylic acids is 2. The van der Waals surface area contributed by atoms with Gasteiger partial charge in [-0.1, -0.05) is 36.9 Å². The van der Waals surface area contributed by atoms with Gasteiger partial charge in [-0.05, 0) is 12.5 Å². The standard InChI is InChI=1S/C17H22N2O5/c1-13(2)24-16(21)18-8-9-19(15(10-18)11-20)17(22)23-12-14-6-4-3-5-7-14/h3-7,15,20H,1,8-12H2,2H3. The summed E-state index contributed by atoms with van der Waals surface area (Å²) < 4.78 is 10.2. The molecule has 1 aromatic rings. The number of allylic oxidation sites excluding steroid dienone is 1. The van der Waals surface area contributed by atoms with Gasteiger partial charge in [0, 0.05) is 19.6 Å². The Morgan fingerprint density at radius 1 is 1.25 bits per heavy atom. The van der Waals surface area contributed by atoms with Crippen LogP contribution in [0.3, 0.4) is 0 Å². The summed E-state index contributed by atoms with van der Waals surface area (Å²) in [6, 6.07) is 8.82. The summed E-state index contributed by atoms with van der Waals surface area (Å²) in [4.78, 5) is 27.0. The van der Waals surface area contributed by atoms with Crippen LogP contribution in [0.1, 0.15) is 12.5 Å². The maximum Gasteiger partial charge on any atom is 0.415 e. The molecule has 1 aliphatic rings. The molecule has 0 saturated carbocycles. The topological polar surface area (TPSA) is 79.3 Å². The molecule has 0 aliphatic carbocycles. The summed E-state index contributed by atoms with van der Waals surface area (Å²) in [5.74, 6) is 0.297. The number of benzene rings is 1. The molecular formula is C17H22N2O5. The van der Waals surface area contributed by atoms with E-state index in [4.69, 9.17) is 9.47 Å². The molecule has 0 radical (unpaired) electrons. The van der Waals surface area contributed by atoms with Crippen LogP contribution >= 0.6 is 0 Å². The summed E-state index contributed by atoms with van der Waals surface area (Å²) in [5.41, 5.74) is 0.884. The molecule has 1 unspecified atom stereocenters. The van der Waals surface area contributed by atoms with Crippen molar-refractivity contribution >= 4 is 12.2 Å². The lowest BCUT2D eigenvalue weighted by molar-refractivity contribution is 0.0230. The van der Waals surface area contributed by atoms with Crippen LogP contribution in [0, 0.1) is 0 Å². The third-order valence-electron chi connectivity index (χ3n) is 3.65. The van der Waals surface area contributed by atoms with E-state index in [0.717, 1.165) is 5.56 Å². The lowest BCUT2D eigenvalue weighted by Crippen LogP contribution is -2.58. The van der Waals surface area contributed by atoms with Gasteiger partial charge in [-0.2, -0.15) is 0 Å². The van der Waals surface area contributed by atoms with E-state index in [-0.39, 0.29) is 26.3 Å². The minimum absolute atomic E-state index is 0.162. The molecule has 2 amide bonds. The Labute approximate surface area is 141 Å². The highest BCUT2D eigenvalue weighted by Gasteiger charge is 2.33. The molecule has 0 spiro atoms. The van der Waals surface area contributed by atoms with E-state index in [1.807, 2.05) is 30.3 Å². The lowest BCUT2D eigenvalue weighted by Gasteiger charge is -2.39. The number of aliphatic hydroxyl groups is 1. The second-order valence-corrected chi connectivity index (χ2v) is 5.59. The van der Waals surface area contributed by atoms with Crippen LogP contribution in [0.25, 0.3) is 0 Å². The smallest absolute Gasteiger partial charge is 0.415 e. The van der Waals surface area contributed by atoms with Crippen LogP contribution in [0.15, 0.2) is 42.7 Å². The molecule has 7 heteroatoms. The molecule has 24 heavy (non-hydrogen) atoms. The number of piperazine rings is 1. The monoisotopic (exact) mass is 334 g/mol. The fourth-order valence-electron chi connectivity index (χ4n) is 2.43. The first-order chi connectivity index (χ1) is 11.5. The predicted molar refractivity (Wildman–Crippen MR) is 87.1 cm³/mol. The van der Waals surface area contributed by atoms with Gasteiger partial charge in [0.05, 0.1) is 18.4 Å². The number of ether oxygens (including phenoxy) is 2. The summed E-state index contributed by atoms with van der Waals surface area (Å²) in [5, 5.41) is 9.53. The summed E-state index contributed by atoms with van der Waals surface area (Å²) >= 11 is 0. The molecule has 1 atom stereocenters. The average Bonchev–Trinajstić information content (AvgIpc) is 2.59.